The van der Waals surface area contributed by atoms with Crippen molar-refractivity contribution in [3.63, 3.8) is 0 Å². The van der Waals surface area contributed by atoms with Crippen LogP contribution in [0.4, 0.5) is 17.8 Å². The van der Waals surface area contributed by atoms with Crippen LogP contribution < -0.4 is 15.5 Å². The van der Waals surface area contributed by atoms with Gasteiger partial charge in [-0.25, -0.2) is 0 Å². The molecule has 0 atom stereocenters. The smallest absolute Gasteiger partial charge is 0.232 e. The zero-order chi connectivity index (χ0) is 14.5. The monoisotopic (exact) mass is 306 g/mol. The predicted octanol–water partition coefficient (Wildman–Crippen LogP) is 1.42. The molecular weight excluding hydrogens is 288 g/mol. The molecule has 0 spiro atoms. The Balaban J connectivity index is 1.75. The van der Waals surface area contributed by atoms with Crippen LogP contribution in [-0.4, -0.2) is 48.3 Å². The number of nitrogens with zero attached hydrogens (tertiary/aromatic N) is 4. The van der Waals surface area contributed by atoms with Gasteiger partial charge in [-0.3, -0.25) is 0 Å². The van der Waals surface area contributed by atoms with Gasteiger partial charge in [0.25, 0.3) is 0 Å². The lowest BCUT2D eigenvalue weighted by molar-refractivity contribution is 0.122. The molecule has 2 N–H and O–H groups in total. The minimum Gasteiger partial charge on any atom is -0.378 e. The van der Waals surface area contributed by atoms with E-state index in [9.17, 15) is 0 Å². The van der Waals surface area contributed by atoms with Gasteiger partial charge in [-0.15, -0.1) is 0 Å². The molecule has 0 unspecified atom stereocenters. The minimum absolute atomic E-state index is 0.569. The topological polar surface area (TPSA) is 75.2 Å². The summed E-state index contributed by atoms with van der Waals surface area (Å²) in [5.41, 5.74) is 1.22. The molecule has 0 radical (unpaired) electrons. The molecule has 1 aliphatic rings. The maximum absolute atomic E-state index is 5.36. The van der Waals surface area contributed by atoms with E-state index < -0.39 is 0 Å². The first kappa shape index (κ1) is 14.0. The van der Waals surface area contributed by atoms with Gasteiger partial charge in [-0.05, 0) is 22.4 Å². The highest BCUT2D eigenvalue weighted by Crippen LogP contribution is 2.15. The number of hydrogen-bond donors (Lipinski definition) is 2. The first-order chi connectivity index (χ1) is 10.3. The lowest BCUT2D eigenvalue weighted by Crippen LogP contribution is -2.37. The molecule has 3 heterocycles. The van der Waals surface area contributed by atoms with E-state index >= 15 is 0 Å². The fourth-order valence-corrected chi connectivity index (χ4v) is 2.70. The van der Waals surface area contributed by atoms with E-state index in [0.29, 0.717) is 37.6 Å². The van der Waals surface area contributed by atoms with Gasteiger partial charge in [0.2, 0.25) is 17.8 Å². The van der Waals surface area contributed by atoms with E-state index in [-0.39, 0.29) is 0 Å². The van der Waals surface area contributed by atoms with E-state index in [4.69, 9.17) is 4.74 Å². The Labute approximate surface area is 127 Å². The summed E-state index contributed by atoms with van der Waals surface area (Å²) in [6, 6.07) is 2.08. The van der Waals surface area contributed by atoms with Gasteiger partial charge in [0.1, 0.15) is 0 Å². The SMILES string of the molecule is CNc1nc(NCc2ccsc2)nc(N2CCOCC2)n1. The summed E-state index contributed by atoms with van der Waals surface area (Å²) in [4.78, 5) is 15.4. The van der Waals surface area contributed by atoms with Gasteiger partial charge < -0.3 is 20.3 Å². The van der Waals surface area contributed by atoms with E-state index in [0.717, 1.165) is 13.1 Å². The first-order valence-corrected chi connectivity index (χ1v) is 7.81. The number of thiophene rings is 1. The minimum atomic E-state index is 0.569. The lowest BCUT2D eigenvalue weighted by atomic mass is 10.3. The maximum Gasteiger partial charge on any atom is 0.232 e. The van der Waals surface area contributed by atoms with Crippen molar-refractivity contribution in [1.82, 2.24) is 15.0 Å². The molecule has 2 aromatic heterocycles. The Hall–Kier alpha value is -1.93. The normalized spacial score (nSPS) is 15.0. The molecule has 112 valence electrons. The number of nitrogens with one attached hydrogen (secondary N) is 2. The summed E-state index contributed by atoms with van der Waals surface area (Å²) in [6.45, 7) is 3.73. The molecule has 0 bridgehead atoms. The summed E-state index contributed by atoms with van der Waals surface area (Å²) in [5, 5.41) is 10.4. The summed E-state index contributed by atoms with van der Waals surface area (Å²) in [5.74, 6) is 1.84. The Bertz CT molecular complexity index is 570. The average molecular weight is 306 g/mol. The summed E-state index contributed by atoms with van der Waals surface area (Å²) in [7, 11) is 1.81. The van der Waals surface area contributed by atoms with E-state index in [1.54, 1.807) is 18.4 Å². The van der Waals surface area contributed by atoms with Crippen LogP contribution in [0.2, 0.25) is 0 Å². The Kier molecular flexibility index (Phi) is 4.46. The van der Waals surface area contributed by atoms with Crippen LogP contribution in [0, 0.1) is 0 Å². The fraction of sp³-hybridized carbons (Fsp3) is 0.462. The Morgan fingerprint density at radius 3 is 2.76 bits per heavy atom. The number of rotatable bonds is 5. The molecule has 0 saturated carbocycles. The third-order valence-corrected chi connectivity index (χ3v) is 3.90. The van der Waals surface area contributed by atoms with Crippen molar-refractivity contribution in [1.29, 1.82) is 0 Å². The highest BCUT2D eigenvalue weighted by molar-refractivity contribution is 7.07. The molecule has 1 fully saturated rings. The highest BCUT2D eigenvalue weighted by Gasteiger charge is 2.16. The zero-order valence-corrected chi connectivity index (χ0v) is 12.7. The van der Waals surface area contributed by atoms with Crippen LogP contribution in [0.1, 0.15) is 5.56 Å². The van der Waals surface area contributed by atoms with Crippen molar-refractivity contribution >= 4 is 29.2 Å². The largest absolute Gasteiger partial charge is 0.378 e. The number of anilines is 3. The van der Waals surface area contributed by atoms with Crippen LogP contribution in [0.3, 0.4) is 0 Å². The zero-order valence-electron chi connectivity index (χ0n) is 11.9. The molecule has 8 heteroatoms. The van der Waals surface area contributed by atoms with Crippen LogP contribution in [0.25, 0.3) is 0 Å². The molecule has 3 rings (SSSR count). The molecule has 2 aromatic rings. The van der Waals surface area contributed by atoms with Crippen LogP contribution in [0.15, 0.2) is 16.8 Å². The number of morpholine rings is 1. The number of hydrogen-bond acceptors (Lipinski definition) is 8. The van der Waals surface area contributed by atoms with Crippen LogP contribution in [0.5, 0.6) is 0 Å². The summed E-state index contributed by atoms with van der Waals surface area (Å²) >= 11 is 1.68. The van der Waals surface area contributed by atoms with Crippen LogP contribution in [-0.2, 0) is 11.3 Å². The van der Waals surface area contributed by atoms with Gasteiger partial charge >= 0.3 is 0 Å². The average Bonchev–Trinajstić information content (AvgIpc) is 3.07. The Morgan fingerprint density at radius 2 is 2.05 bits per heavy atom. The van der Waals surface area contributed by atoms with Crippen molar-refractivity contribution in [2.75, 3.05) is 48.9 Å². The molecular formula is C13H18N6OS. The van der Waals surface area contributed by atoms with E-state index in [2.05, 4.69) is 47.3 Å². The fourth-order valence-electron chi connectivity index (χ4n) is 2.03. The number of aromatic nitrogens is 3. The quantitative estimate of drug-likeness (QED) is 0.865. The van der Waals surface area contributed by atoms with Crippen molar-refractivity contribution in [3.8, 4) is 0 Å². The van der Waals surface area contributed by atoms with Crippen molar-refractivity contribution in [2.24, 2.45) is 0 Å². The van der Waals surface area contributed by atoms with Gasteiger partial charge in [0, 0.05) is 26.7 Å². The molecule has 0 aromatic carbocycles. The Morgan fingerprint density at radius 1 is 1.24 bits per heavy atom. The third-order valence-electron chi connectivity index (χ3n) is 3.17. The van der Waals surface area contributed by atoms with Gasteiger partial charge in [0.15, 0.2) is 0 Å². The van der Waals surface area contributed by atoms with Crippen LogP contribution >= 0.6 is 11.3 Å². The predicted molar refractivity (Wildman–Crippen MR) is 84.1 cm³/mol. The van der Waals surface area contributed by atoms with Crippen molar-refractivity contribution in [2.45, 2.75) is 6.54 Å². The van der Waals surface area contributed by atoms with E-state index in [1.165, 1.54) is 5.56 Å². The van der Waals surface area contributed by atoms with Crippen molar-refractivity contribution < 1.29 is 4.74 Å². The third kappa shape index (κ3) is 3.59. The standard InChI is InChI=1S/C13H18N6OS/c1-14-11-16-12(15-8-10-2-7-21-9-10)18-13(17-11)19-3-5-20-6-4-19/h2,7,9H,3-6,8H2,1H3,(H2,14,15,16,17,18). The summed E-state index contributed by atoms with van der Waals surface area (Å²) < 4.78 is 5.36. The first-order valence-electron chi connectivity index (χ1n) is 6.86. The van der Waals surface area contributed by atoms with Gasteiger partial charge in [-0.1, -0.05) is 0 Å². The van der Waals surface area contributed by atoms with Crippen molar-refractivity contribution in [3.05, 3.63) is 22.4 Å². The second kappa shape index (κ2) is 6.68. The van der Waals surface area contributed by atoms with Gasteiger partial charge in [-0.2, -0.15) is 26.3 Å². The molecule has 21 heavy (non-hydrogen) atoms. The molecule has 1 saturated heterocycles. The molecule has 1 aliphatic heterocycles. The van der Waals surface area contributed by atoms with Gasteiger partial charge in [0.05, 0.1) is 13.2 Å². The molecule has 0 amide bonds. The molecule has 7 nitrogen and oxygen atoms in total. The number of ether oxygens (including phenoxy) is 1. The molecule has 0 aliphatic carbocycles. The van der Waals surface area contributed by atoms with E-state index in [1.807, 2.05) is 0 Å². The second-order valence-electron chi connectivity index (χ2n) is 4.62. The maximum atomic E-state index is 5.36. The summed E-state index contributed by atoms with van der Waals surface area (Å²) in [6.07, 6.45) is 0. The lowest BCUT2D eigenvalue weighted by Gasteiger charge is -2.27. The second-order valence-corrected chi connectivity index (χ2v) is 5.40. The highest BCUT2D eigenvalue weighted by atomic mass is 32.1.